The van der Waals surface area contributed by atoms with E-state index in [0.29, 0.717) is 11.0 Å². The first kappa shape index (κ1) is 14.2. The normalized spacial score (nSPS) is 23.5. The molecule has 0 saturated carbocycles. The second-order valence-electron chi connectivity index (χ2n) is 5.65. The summed E-state index contributed by atoms with van der Waals surface area (Å²) in [5.74, 6) is 1.62. The van der Waals surface area contributed by atoms with Gasteiger partial charge in [-0.1, -0.05) is 19.1 Å². The third-order valence-corrected chi connectivity index (χ3v) is 4.30. The smallest absolute Gasteiger partial charge is 0.162 e. The minimum Gasteiger partial charge on any atom is -0.389 e. The molecule has 4 nitrogen and oxygen atoms in total. The first-order valence-corrected chi connectivity index (χ1v) is 7.23. The van der Waals surface area contributed by atoms with Gasteiger partial charge in [-0.15, -0.1) is 5.10 Å². The Hall–Kier alpha value is -1.23. The Morgan fingerprint density at radius 3 is 2.58 bits per heavy atom. The average Bonchev–Trinajstić information content (AvgIpc) is 2.32. The standard InChI is InChI=1S/C14H22N4S/c1-8-5-6-18(9(2)7-8)14-12(13(15)19)10(3)11(4)16-17-14/h8-9H,5-7H2,1-4H3,(H2,15,19). The van der Waals surface area contributed by atoms with Gasteiger partial charge in [-0.2, -0.15) is 5.10 Å². The number of nitrogens with two attached hydrogens (primary N) is 1. The lowest BCUT2D eigenvalue weighted by atomic mass is 9.93. The monoisotopic (exact) mass is 278 g/mol. The molecule has 1 aliphatic rings. The summed E-state index contributed by atoms with van der Waals surface area (Å²) in [6.45, 7) is 9.48. The van der Waals surface area contributed by atoms with Gasteiger partial charge in [-0.05, 0) is 45.1 Å². The molecule has 0 bridgehead atoms. The molecule has 2 rings (SSSR count). The first-order chi connectivity index (χ1) is 8.91. The van der Waals surface area contributed by atoms with Gasteiger partial charge in [0.25, 0.3) is 0 Å². The lowest BCUT2D eigenvalue weighted by Crippen LogP contribution is -2.42. The fourth-order valence-corrected chi connectivity index (χ4v) is 3.06. The maximum absolute atomic E-state index is 5.90. The molecule has 5 heteroatoms. The summed E-state index contributed by atoms with van der Waals surface area (Å²) < 4.78 is 0. The molecule has 19 heavy (non-hydrogen) atoms. The zero-order valence-electron chi connectivity index (χ0n) is 12.1. The number of aryl methyl sites for hydroxylation is 1. The lowest BCUT2D eigenvalue weighted by molar-refractivity contribution is 0.375. The van der Waals surface area contributed by atoms with Crippen LogP contribution in [0.2, 0.25) is 0 Å². The van der Waals surface area contributed by atoms with E-state index in [1.54, 1.807) is 0 Å². The number of thiocarbonyl (C=S) groups is 1. The van der Waals surface area contributed by atoms with Crippen molar-refractivity contribution in [2.45, 2.75) is 46.6 Å². The van der Waals surface area contributed by atoms with Gasteiger partial charge in [0.2, 0.25) is 0 Å². The Labute approximate surface area is 120 Å². The molecule has 0 aliphatic carbocycles. The van der Waals surface area contributed by atoms with Gasteiger partial charge < -0.3 is 10.6 Å². The third kappa shape index (κ3) is 2.71. The minimum absolute atomic E-state index is 0.413. The zero-order chi connectivity index (χ0) is 14.2. The van der Waals surface area contributed by atoms with Crippen LogP contribution in [0, 0.1) is 19.8 Å². The van der Waals surface area contributed by atoms with Crippen LogP contribution in [-0.4, -0.2) is 27.8 Å². The summed E-state index contributed by atoms with van der Waals surface area (Å²) in [5.41, 5.74) is 8.73. The van der Waals surface area contributed by atoms with Crippen LogP contribution < -0.4 is 10.6 Å². The molecule has 2 unspecified atom stereocenters. The largest absolute Gasteiger partial charge is 0.389 e. The third-order valence-electron chi connectivity index (χ3n) is 4.09. The van der Waals surface area contributed by atoms with E-state index >= 15 is 0 Å². The van der Waals surface area contributed by atoms with Gasteiger partial charge in [0.1, 0.15) is 4.99 Å². The van der Waals surface area contributed by atoms with Gasteiger partial charge in [0.15, 0.2) is 5.82 Å². The van der Waals surface area contributed by atoms with E-state index in [-0.39, 0.29) is 0 Å². The highest BCUT2D eigenvalue weighted by atomic mass is 32.1. The van der Waals surface area contributed by atoms with Gasteiger partial charge in [0.05, 0.1) is 11.3 Å². The van der Waals surface area contributed by atoms with Crippen molar-refractivity contribution in [2.75, 3.05) is 11.4 Å². The molecule has 1 aromatic rings. The fraction of sp³-hybridized carbons (Fsp3) is 0.643. The average molecular weight is 278 g/mol. The summed E-state index contributed by atoms with van der Waals surface area (Å²) in [7, 11) is 0. The number of piperidine rings is 1. The van der Waals surface area contributed by atoms with Crippen molar-refractivity contribution in [3.05, 3.63) is 16.8 Å². The van der Waals surface area contributed by atoms with E-state index in [1.807, 2.05) is 13.8 Å². The highest BCUT2D eigenvalue weighted by Crippen LogP contribution is 2.30. The van der Waals surface area contributed by atoms with E-state index in [0.717, 1.165) is 35.1 Å². The van der Waals surface area contributed by atoms with Crippen molar-refractivity contribution in [3.8, 4) is 0 Å². The summed E-state index contributed by atoms with van der Waals surface area (Å²) >= 11 is 5.21. The first-order valence-electron chi connectivity index (χ1n) is 6.82. The SMILES string of the molecule is Cc1nnc(N2CCC(C)CC2C)c(C(N)=S)c1C. The highest BCUT2D eigenvalue weighted by Gasteiger charge is 2.27. The van der Waals surface area contributed by atoms with E-state index in [9.17, 15) is 0 Å². The predicted molar refractivity (Wildman–Crippen MR) is 82.6 cm³/mol. The van der Waals surface area contributed by atoms with Crippen LogP contribution >= 0.6 is 12.2 Å². The Morgan fingerprint density at radius 2 is 2.00 bits per heavy atom. The lowest BCUT2D eigenvalue weighted by Gasteiger charge is -2.38. The molecular formula is C14H22N4S. The van der Waals surface area contributed by atoms with E-state index in [1.165, 1.54) is 12.8 Å². The molecule has 0 radical (unpaired) electrons. The molecule has 0 aromatic carbocycles. The van der Waals surface area contributed by atoms with Crippen LogP contribution in [0.15, 0.2) is 0 Å². The fourth-order valence-electron chi connectivity index (χ4n) is 2.81. The number of hydrogen-bond acceptors (Lipinski definition) is 4. The molecule has 2 heterocycles. The van der Waals surface area contributed by atoms with Crippen LogP contribution in [0.1, 0.15) is 43.5 Å². The van der Waals surface area contributed by atoms with Crippen molar-refractivity contribution in [3.63, 3.8) is 0 Å². The summed E-state index contributed by atoms with van der Waals surface area (Å²) in [6.07, 6.45) is 2.35. The van der Waals surface area contributed by atoms with Crippen LogP contribution in [0.5, 0.6) is 0 Å². The molecule has 1 aromatic heterocycles. The van der Waals surface area contributed by atoms with Gasteiger partial charge in [-0.3, -0.25) is 0 Å². The zero-order valence-corrected chi connectivity index (χ0v) is 12.9. The molecule has 0 amide bonds. The molecule has 2 atom stereocenters. The molecule has 1 aliphatic heterocycles. The van der Waals surface area contributed by atoms with E-state index in [4.69, 9.17) is 18.0 Å². The Kier molecular flexibility index (Phi) is 4.04. The highest BCUT2D eigenvalue weighted by molar-refractivity contribution is 7.80. The van der Waals surface area contributed by atoms with Gasteiger partial charge in [-0.25, -0.2) is 0 Å². The molecule has 0 spiro atoms. The Bertz CT molecular complexity index is 500. The number of aromatic nitrogens is 2. The Morgan fingerprint density at radius 1 is 1.32 bits per heavy atom. The van der Waals surface area contributed by atoms with Crippen LogP contribution in [0.3, 0.4) is 0 Å². The molecular weight excluding hydrogens is 256 g/mol. The van der Waals surface area contributed by atoms with Crippen LogP contribution in [-0.2, 0) is 0 Å². The summed E-state index contributed by atoms with van der Waals surface area (Å²) in [5, 5.41) is 8.61. The number of hydrogen-bond donors (Lipinski definition) is 1. The summed E-state index contributed by atoms with van der Waals surface area (Å²) in [4.78, 5) is 2.71. The number of anilines is 1. The summed E-state index contributed by atoms with van der Waals surface area (Å²) in [6, 6.07) is 0.452. The second-order valence-corrected chi connectivity index (χ2v) is 6.09. The van der Waals surface area contributed by atoms with Gasteiger partial charge >= 0.3 is 0 Å². The minimum atomic E-state index is 0.413. The van der Waals surface area contributed by atoms with E-state index in [2.05, 4.69) is 28.9 Å². The van der Waals surface area contributed by atoms with Crippen molar-refractivity contribution in [1.82, 2.24) is 10.2 Å². The topological polar surface area (TPSA) is 55.0 Å². The van der Waals surface area contributed by atoms with Crippen molar-refractivity contribution < 1.29 is 0 Å². The second kappa shape index (κ2) is 5.41. The molecule has 2 N–H and O–H groups in total. The predicted octanol–water partition coefficient (Wildman–Crippen LogP) is 2.35. The Balaban J connectivity index is 2.45. The maximum Gasteiger partial charge on any atom is 0.162 e. The molecule has 104 valence electrons. The number of nitrogens with zero attached hydrogens (tertiary/aromatic N) is 3. The van der Waals surface area contributed by atoms with Gasteiger partial charge in [0, 0.05) is 12.6 Å². The quantitative estimate of drug-likeness (QED) is 0.842. The van der Waals surface area contributed by atoms with Crippen LogP contribution in [0.4, 0.5) is 5.82 Å². The van der Waals surface area contributed by atoms with Crippen molar-refractivity contribution >= 4 is 23.0 Å². The number of rotatable bonds is 2. The van der Waals surface area contributed by atoms with Crippen molar-refractivity contribution in [1.29, 1.82) is 0 Å². The molecule has 1 saturated heterocycles. The maximum atomic E-state index is 5.90. The van der Waals surface area contributed by atoms with E-state index < -0.39 is 0 Å². The van der Waals surface area contributed by atoms with Crippen LogP contribution in [0.25, 0.3) is 0 Å². The molecule has 1 fully saturated rings. The van der Waals surface area contributed by atoms with Crippen molar-refractivity contribution in [2.24, 2.45) is 11.7 Å².